The van der Waals surface area contributed by atoms with Crippen LogP contribution in [0.4, 0.5) is 17.3 Å². The maximum Gasteiger partial charge on any atom is 0.157 e. The highest BCUT2D eigenvalue weighted by molar-refractivity contribution is 5.74. The Morgan fingerprint density at radius 3 is 2.48 bits per heavy atom. The summed E-state index contributed by atoms with van der Waals surface area (Å²) in [5.74, 6) is 2.40. The Hall–Kier alpha value is -2.34. The number of nitrogens with one attached hydrogen (secondary N) is 1. The van der Waals surface area contributed by atoms with Gasteiger partial charge in [0, 0.05) is 26.2 Å². The van der Waals surface area contributed by atoms with Crippen LogP contribution < -0.4 is 16.0 Å². The number of hydrogen-bond acceptors (Lipinski definition) is 6. The van der Waals surface area contributed by atoms with Crippen molar-refractivity contribution in [2.24, 2.45) is 5.92 Å². The molecule has 0 atom stereocenters. The molecule has 29 heavy (non-hydrogen) atoms. The zero-order valence-electron chi connectivity index (χ0n) is 17.4. The monoisotopic (exact) mass is 394 g/mol. The van der Waals surface area contributed by atoms with Gasteiger partial charge in [-0.05, 0) is 56.7 Å². The molecule has 156 valence electrons. The molecule has 1 aromatic carbocycles. The minimum atomic E-state index is 0.688. The molecule has 0 bridgehead atoms. The predicted octanol–water partition coefficient (Wildman–Crippen LogP) is 3.42. The highest BCUT2D eigenvalue weighted by atomic mass is 15.2. The van der Waals surface area contributed by atoms with Gasteiger partial charge in [0.25, 0.3) is 0 Å². The smallest absolute Gasteiger partial charge is 0.157 e. The maximum atomic E-state index is 6.45. The van der Waals surface area contributed by atoms with E-state index in [0.29, 0.717) is 5.69 Å². The zero-order valence-corrected chi connectivity index (χ0v) is 17.4. The summed E-state index contributed by atoms with van der Waals surface area (Å²) in [6.07, 6.45) is 9.17. The summed E-state index contributed by atoms with van der Waals surface area (Å²) in [5, 5.41) is 3.44. The van der Waals surface area contributed by atoms with Gasteiger partial charge in [-0.3, -0.25) is 0 Å². The van der Waals surface area contributed by atoms with E-state index in [-0.39, 0.29) is 0 Å². The van der Waals surface area contributed by atoms with E-state index in [2.05, 4.69) is 55.4 Å². The molecule has 2 aromatic rings. The summed E-state index contributed by atoms with van der Waals surface area (Å²) in [7, 11) is 0. The Morgan fingerprint density at radius 1 is 0.966 bits per heavy atom. The van der Waals surface area contributed by atoms with Gasteiger partial charge in [-0.25, -0.2) is 9.97 Å². The summed E-state index contributed by atoms with van der Waals surface area (Å²) in [4.78, 5) is 13.8. The summed E-state index contributed by atoms with van der Waals surface area (Å²) < 4.78 is 0. The molecular formula is C23H34N6. The zero-order chi connectivity index (χ0) is 19.9. The average Bonchev–Trinajstić information content (AvgIpc) is 2.77. The maximum absolute atomic E-state index is 6.45. The molecule has 6 heteroatoms. The number of nitrogens with zero attached hydrogens (tertiary/aromatic N) is 4. The Balaban J connectivity index is 1.29. The molecule has 4 rings (SSSR count). The molecule has 1 aromatic heterocycles. The molecule has 3 heterocycles. The fraction of sp³-hybridized carbons (Fsp3) is 0.565. The van der Waals surface area contributed by atoms with Crippen LogP contribution in [0, 0.1) is 5.92 Å². The second-order valence-electron chi connectivity index (χ2n) is 8.41. The third-order valence-electron chi connectivity index (χ3n) is 6.31. The van der Waals surface area contributed by atoms with Crippen molar-refractivity contribution in [1.29, 1.82) is 0 Å². The van der Waals surface area contributed by atoms with Crippen molar-refractivity contribution in [3.63, 3.8) is 0 Å². The highest BCUT2D eigenvalue weighted by Crippen LogP contribution is 2.30. The molecule has 0 saturated carbocycles. The van der Waals surface area contributed by atoms with E-state index in [0.717, 1.165) is 50.2 Å². The Bertz CT molecular complexity index is 751. The van der Waals surface area contributed by atoms with Gasteiger partial charge in [0.05, 0.1) is 0 Å². The SMILES string of the molecule is Nc1c(NCCN2CCCCC2)ncnc1N1CCC(Cc2ccccc2)CC1. The van der Waals surface area contributed by atoms with E-state index in [1.165, 1.54) is 50.8 Å². The number of rotatable bonds is 7. The fourth-order valence-corrected chi connectivity index (χ4v) is 4.59. The second kappa shape index (κ2) is 9.92. The molecule has 2 fully saturated rings. The number of aromatic nitrogens is 2. The van der Waals surface area contributed by atoms with Crippen LogP contribution in [0.2, 0.25) is 0 Å². The lowest BCUT2D eigenvalue weighted by molar-refractivity contribution is 0.237. The number of anilines is 3. The number of likely N-dealkylation sites (tertiary alicyclic amines) is 1. The van der Waals surface area contributed by atoms with Crippen molar-refractivity contribution in [2.75, 3.05) is 55.2 Å². The topological polar surface area (TPSA) is 70.3 Å². The van der Waals surface area contributed by atoms with E-state index in [9.17, 15) is 0 Å². The number of nitrogen functional groups attached to an aromatic ring is 1. The molecule has 0 spiro atoms. The van der Waals surface area contributed by atoms with Gasteiger partial charge in [0.15, 0.2) is 11.6 Å². The largest absolute Gasteiger partial charge is 0.393 e. The van der Waals surface area contributed by atoms with Gasteiger partial charge in [-0.2, -0.15) is 0 Å². The van der Waals surface area contributed by atoms with Crippen LogP contribution in [-0.2, 0) is 6.42 Å². The van der Waals surface area contributed by atoms with Crippen LogP contribution in [0.25, 0.3) is 0 Å². The summed E-state index contributed by atoms with van der Waals surface area (Å²) in [6, 6.07) is 10.8. The normalized spacial score (nSPS) is 18.7. The lowest BCUT2D eigenvalue weighted by atomic mass is 9.90. The van der Waals surface area contributed by atoms with Crippen molar-refractivity contribution < 1.29 is 0 Å². The molecule has 2 aliphatic heterocycles. The molecule has 0 aliphatic carbocycles. The first kappa shape index (κ1) is 20.0. The highest BCUT2D eigenvalue weighted by Gasteiger charge is 2.23. The van der Waals surface area contributed by atoms with E-state index in [1.807, 2.05) is 0 Å². The molecule has 0 amide bonds. The van der Waals surface area contributed by atoms with Crippen LogP contribution in [-0.4, -0.2) is 54.1 Å². The predicted molar refractivity (Wildman–Crippen MR) is 120 cm³/mol. The van der Waals surface area contributed by atoms with Crippen LogP contribution in [0.5, 0.6) is 0 Å². The van der Waals surface area contributed by atoms with Gasteiger partial charge in [-0.15, -0.1) is 0 Å². The van der Waals surface area contributed by atoms with E-state index in [4.69, 9.17) is 5.73 Å². The molecule has 3 N–H and O–H groups in total. The van der Waals surface area contributed by atoms with Crippen LogP contribution in [0.3, 0.4) is 0 Å². The summed E-state index contributed by atoms with van der Waals surface area (Å²) in [5.41, 5.74) is 8.57. The van der Waals surface area contributed by atoms with Crippen molar-refractivity contribution in [3.05, 3.63) is 42.2 Å². The van der Waals surface area contributed by atoms with Gasteiger partial charge < -0.3 is 20.9 Å². The van der Waals surface area contributed by atoms with E-state index >= 15 is 0 Å². The number of nitrogens with two attached hydrogens (primary N) is 1. The standard InChI is InChI=1S/C23H34N6/c24-21-22(25-11-16-28-12-5-2-6-13-28)26-18-27-23(21)29-14-9-20(10-15-29)17-19-7-3-1-4-8-19/h1,3-4,7-8,18,20H,2,5-6,9-17,24H2,(H,25,26,27). The summed E-state index contributed by atoms with van der Waals surface area (Å²) in [6.45, 7) is 6.36. The van der Waals surface area contributed by atoms with Gasteiger partial charge in [-0.1, -0.05) is 36.8 Å². The van der Waals surface area contributed by atoms with Crippen molar-refractivity contribution in [3.8, 4) is 0 Å². The molecule has 0 radical (unpaired) electrons. The van der Waals surface area contributed by atoms with Crippen LogP contribution >= 0.6 is 0 Å². The van der Waals surface area contributed by atoms with Crippen molar-refractivity contribution >= 4 is 17.3 Å². The first-order chi connectivity index (χ1) is 14.3. The van der Waals surface area contributed by atoms with Gasteiger partial charge in [0.2, 0.25) is 0 Å². The molecular weight excluding hydrogens is 360 g/mol. The first-order valence-corrected chi connectivity index (χ1v) is 11.1. The lowest BCUT2D eigenvalue weighted by Gasteiger charge is -2.33. The Kier molecular flexibility index (Phi) is 6.83. The third kappa shape index (κ3) is 5.38. The van der Waals surface area contributed by atoms with E-state index < -0.39 is 0 Å². The quantitative estimate of drug-likeness (QED) is 0.750. The van der Waals surface area contributed by atoms with Gasteiger partial charge in [0.1, 0.15) is 12.0 Å². The Labute approximate surface area is 174 Å². The van der Waals surface area contributed by atoms with Crippen molar-refractivity contribution in [1.82, 2.24) is 14.9 Å². The van der Waals surface area contributed by atoms with E-state index in [1.54, 1.807) is 6.33 Å². The van der Waals surface area contributed by atoms with Gasteiger partial charge >= 0.3 is 0 Å². The minimum Gasteiger partial charge on any atom is -0.393 e. The Morgan fingerprint density at radius 2 is 1.72 bits per heavy atom. The number of benzene rings is 1. The van der Waals surface area contributed by atoms with Crippen LogP contribution in [0.15, 0.2) is 36.7 Å². The average molecular weight is 395 g/mol. The fourth-order valence-electron chi connectivity index (χ4n) is 4.59. The third-order valence-corrected chi connectivity index (χ3v) is 6.31. The summed E-state index contributed by atoms with van der Waals surface area (Å²) >= 11 is 0. The molecule has 2 aliphatic rings. The second-order valence-corrected chi connectivity index (χ2v) is 8.41. The molecule has 6 nitrogen and oxygen atoms in total. The first-order valence-electron chi connectivity index (χ1n) is 11.1. The minimum absolute atomic E-state index is 0.688. The number of hydrogen-bond donors (Lipinski definition) is 2. The molecule has 2 saturated heterocycles. The van der Waals surface area contributed by atoms with Crippen LogP contribution in [0.1, 0.15) is 37.7 Å². The number of piperidine rings is 2. The lowest BCUT2D eigenvalue weighted by Crippen LogP contribution is -2.36. The molecule has 0 unspecified atom stereocenters. The van der Waals surface area contributed by atoms with Crippen molar-refractivity contribution in [2.45, 2.75) is 38.5 Å².